The minimum absolute atomic E-state index is 0. The van der Waals surface area contributed by atoms with Crippen molar-refractivity contribution < 1.29 is 5.11 Å². The maximum atomic E-state index is 9.44. The average Bonchev–Trinajstić information content (AvgIpc) is 2.96. The number of rotatable bonds is 6. The molecule has 2 unspecified atom stereocenters. The molecule has 2 heterocycles. The first-order chi connectivity index (χ1) is 14.2. The van der Waals surface area contributed by atoms with Crippen molar-refractivity contribution in [3.8, 4) is 5.75 Å². The van der Waals surface area contributed by atoms with Crippen LogP contribution in [0.4, 0.5) is 0 Å². The summed E-state index contributed by atoms with van der Waals surface area (Å²) >= 11 is 0. The number of phenols is 1. The second-order valence-electron chi connectivity index (χ2n) is 8.22. The van der Waals surface area contributed by atoms with Crippen LogP contribution in [0.1, 0.15) is 43.7 Å². The Balaban J connectivity index is 0.00000256. The van der Waals surface area contributed by atoms with Crippen LogP contribution in [-0.2, 0) is 13.1 Å². The van der Waals surface area contributed by atoms with E-state index < -0.39 is 0 Å². The number of halogens is 1. The normalized spacial score (nSPS) is 23.6. The Labute approximate surface area is 197 Å². The average molecular weight is 520 g/mol. The minimum Gasteiger partial charge on any atom is -0.508 e. The molecule has 3 N–H and O–H groups in total. The molecule has 2 aromatic carbocycles. The summed E-state index contributed by atoms with van der Waals surface area (Å²) in [5.74, 6) is 1.18. The molecule has 0 radical (unpaired) electrons. The molecule has 2 aliphatic heterocycles. The Morgan fingerprint density at radius 2 is 1.67 bits per heavy atom. The van der Waals surface area contributed by atoms with Gasteiger partial charge in [0.15, 0.2) is 5.96 Å². The maximum absolute atomic E-state index is 9.44. The second kappa shape index (κ2) is 11.0. The molecule has 5 nitrogen and oxygen atoms in total. The van der Waals surface area contributed by atoms with Crippen molar-refractivity contribution >= 4 is 29.9 Å². The van der Waals surface area contributed by atoms with Gasteiger partial charge in [-0.25, -0.2) is 4.99 Å². The SMILES string of the molecule is CCNC(=NCc1ccc(O)cc1)NC1CC2CCC(C1)N2Cc1ccccc1.I. The zero-order chi connectivity index (χ0) is 20.1. The van der Waals surface area contributed by atoms with Gasteiger partial charge < -0.3 is 15.7 Å². The molecule has 6 heteroatoms. The van der Waals surface area contributed by atoms with Crippen LogP contribution in [0.3, 0.4) is 0 Å². The summed E-state index contributed by atoms with van der Waals surface area (Å²) in [5.41, 5.74) is 2.51. The molecule has 2 aromatic rings. The molecule has 0 aliphatic carbocycles. The second-order valence-corrected chi connectivity index (χ2v) is 8.22. The lowest BCUT2D eigenvalue weighted by molar-refractivity contribution is 0.114. The molecule has 2 atom stereocenters. The molecule has 0 aromatic heterocycles. The molecule has 2 saturated heterocycles. The number of benzene rings is 2. The minimum atomic E-state index is 0. The largest absolute Gasteiger partial charge is 0.508 e. The fourth-order valence-corrected chi connectivity index (χ4v) is 4.73. The fourth-order valence-electron chi connectivity index (χ4n) is 4.73. The van der Waals surface area contributed by atoms with Gasteiger partial charge in [0.05, 0.1) is 6.54 Å². The predicted octanol–water partition coefficient (Wildman–Crippen LogP) is 4.26. The molecule has 2 bridgehead atoms. The highest BCUT2D eigenvalue weighted by Crippen LogP contribution is 2.36. The zero-order valence-corrected chi connectivity index (χ0v) is 20.0. The smallest absolute Gasteiger partial charge is 0.191 e. The van der Waals surface area contributed by atoms with Crippen LogP contribution < -0.4 is 10.6 Å². The third-order valence-corrected chi connectivity index (χ3v) is 6.13. The van der Waals surface area contributed by atoms with E-state index in [-0.39, 0.29) is 24.0 Å². The molecule has 2 fully saturated rings. The van der Waals surface area contributed by atoms with Gasteiger partial charge in [-0.3, -0.25) is 4.90 Å². The van der Waals surface area contributed by atoms with Crippen LogP contribution >= 0.6 is 24.0 Å². The summed E-state index contributed by atoms with van der Waals surface area (Å²) in [6, 6.07) is 19.9. The quantitative estimate of drug-likeness (QED) is 0.303. The number of hydrogen-bond donors (Lipinski definition) is 3. The van der Waals surface area contributed by atoms with Crippen molar-refractivity contribution in [1.29, 1.82) is 0 Å². The first-order valence-electron chi connectivity index (χ1n) is 10.8. The van der Waals surface area contributed by atoms with Crippen molar-refractivity contribution in [2.24, 2.45) is 4.99 Å². The lowest BCUT2D eigenvalue weighted by Gasteiger charge is -2.39. The predicted molar refractivity (Wildman–Crippen MR) is 133 cm³/mol. The number of nitrogens with zero attached hydrogens (tertiary/aromatic N) is 2. The van der Waals surface area contributed by atoms with Gasteiger partial charge in [-0.2, -0.15) is 0 Å². The molecule has 30 heavy (non-hydrogen) atoms. The molecule has 0 amide bonds. The standard InChI is InChI=1S/C24H32N4O.HI/c1-2-25-24(26-16-18-8-12-23(29)13-9-18)27-20-14-21-10-11-22(15-20)28(21)17-19-6-4-3-5-7-19;/h3-9,12-13,20-22,29H,2,10-11,14-17H2,1H3,(H2,25,26,27);1H. The number of piperidine rings is 1. The van der Waals surface area contributed by atoms with E-state index in [0.717, 1.165) is 24.6 Å². The Morgan fingerprint density at radius 1 is 1.00 bits per heavy atom. The summed E-state index contributed by atoms with van der Waals surface area (Å²) in [5, 5.41) is 16.5. The number of aliphatic imine (C=N–C) groups is 1. The zero-order valence-electron chi connectivity index (χ0n) is 17.6. The van der Waals surface area contributed by atoms with E-state index in [1.54, 1.807) is 12.1 Å². The van der Waals surface area contributed by atoms with Crippen LogP contribution in [0.15, 0.2) is 59.6 Å². The highest BCUT2D eigenvalue weighted by Gasteiger charge is 2.40. The van der Waals surface area contributed by atoms with Crippen molar-refractivity contribution in [2.75, 3.05) is 6.54 Å². The number of phenolic OH excluding ortho intramolecular Hbond substituents is 1. The van der Waals surface area contributed by atoms with Gasteiger partial charge >= 0.3 is 0 Å². The van der Waals surface area contributed by atoms with Gasteiger partial charge in [-0.15, -0.1) is 24.0 Å². The molecule has 0 saturated carbocycles. The Kier molecular flexibility index (Phi) is 8.39. The number of hydrogen-bond acceptors (Lipinski definition) is 3. The molecule has 4 rings (SSSR count). The highest BCUT2D eigenvalue weighted by atomic mass is 127. The van der Waals surface area contributed by atoms with Crippen molar-refractivity contribution in [3.05, 3.63) is 65.7 Å². The topological polar surface area (TPSA) is 59.9 Å². The van der Waals surface area contributed by atoms with Crippen LogP contribution in [0.5, 0.6) is 5.75 Å². The fraction of sp³-hybridized carbons (Fsp3) is 0.458. The van der Waals surface area contributed by atoms with Gasteiger partial charge in [0.1, 0.15) is 5.75 Å². The third kappa shape index (κ3) is 5.88. The van der Waals surface area contributed by atoms with E-state index in [4.69, 9.17) is 4.99 Å². The molecular formula is C24H33IN4O. The first-order valence-corrected chi connectivity index (χ1v) is 10.8. The number of aromatic hydroxyl groups is 1. The van der Waals surface area contributed by atoms with E-state index in [2.05, 4.69) is 52.8 Å². The third-order valence-electron chi connectivity index (χ3n) is 6.13. The van der Waals surface area contributed by atoms with E-state index in [1.807, 2.05) is 12.1 Å². The van der Waals surface area contributed by atoms with Gasteiger partial charge in [0, 0.05) is 31.2 Å². The van der Waals surface area contributed by atoms with Crippen molar-refractivity contribution in [2.45, 2.75) is 63.8 Å². The lowest BCUT2D eigenvalue weighted by atomic mass is 9.96. The number of fused-ring (bicyclic) bond motifs is 2. The van der Waals surface area contributed by atoms with E-state index in [9.17, 15) is 5.11 Å². The molecule has 0 spiro atoms. The van der Waals surface area contributed by atoms with Crippen LogP contribution in [0, 0.1) is 0 Å². The van der Waals surface area contributed by atoms with Gasteiger partial charge in [-0.05, 0) is 55.9 Å². The summed E-state index contributed by atoms with van der Waals surface area (Å²) in [7, 11) is 0. The Bertz CT molecular complexity index is 798. The molecular weight excluding hydrogens is 487 g/mol. The van der Waals surface area contributed by atoms with E-state index in [1.165, 1.54) is 31.2 Å². The first kappa shape index (κ1) is 22.9. The monoisotopic (exact) mass is 520 g/mol. The highest BCUT2D eigenvalue weighted by molar-refractivity contribution is 14.0. The van der Waals surface area contributed by atoms with Gasteiger partial charge in [0.2, 0.25) is 0 Å². The molecule has 2 aliphatic rings. The number of guanidine groups is 1. The summed E-state index contributed by atoms with van der Waals surface area (Å²) in [6.45, 7) is 4.62. The van der Waals surface area contributed by atoms with E-state index in [0.29, 0.717) is 30.4 Å². The van der Waals surface area contributed by atoms with Crippen LogP contribution in [-0.4, -0.2) is 40.6 Å². The van der Waals surface area contributed by atoms with Crippen molar-refractivity contribution in [3.63, 3.8) is 0 Å². The van der Waals surface area contributed by atoms with Crippen LogP contribution in [0.2, 0.25) is 0 Å². The molecule has 162 valence electrons. The summed E-state index contributed by atoms with van der Waals surface area (Å²) < 4.78 is 0. The summed E-state index contributed by atoms with van der Waals surface area (Å²) in [4.78, 5) is 7.48. The summed E-state index contributed by atoms with van der Waals surface area (Å²) in [6.07, 6.45) is 4.95. The van der Waals surface area contributed by atoms with Gasteiger partial charge in [0.25, 0.3) is 0 Å². The number of nitrogens with one attached hydrogen (secondary N) is 2. The van der Waals surface area contributed by atoms with Crippen LogP contribution in [0.25, 0.3) is 0 Å². The Morgan fingerprint density at radius 3 is 2.30 bits per heavy atom. The van der Waals surface area contributed by atoms with E-state index >= 15 is 0 Å². The maximum Gasteiger partial charge on any atom is 0.191 e. The lowest BCUT2D eigenvalue weighted by Crippen LogP contribution is -2.52. The van der Waals surface area contributed by atoms with Gasteiger partial charge in [-0.1, -0.05) is 42.5 Å². The Hall–Kier alpha value is -1.80. The van der Waals surface area contributed by atoms with Crippen molar-refractivity contribution in [1.82, 2.24) is 15.5 Å².